The summed E-state index contributed by atoms with van der Waals surface area (Å²) in [4.78, 5) is 32.1. The molecule has 0 radical (unpaired) electrons. The van der Waals surface area contributed by atoms with Crippen molar-refractivity contribution in [1.82, 2.24) is 19.4 Å². The molecule has 1 fully saturated rings. The third kappa shape index (κ3) is 3.81. The molecule has 1 aromatic carbocycles. The topological polar surface area (TPSA) is 58.4 Å². The lowest BCUT2D eigenvalue weighted by atomic mass is 9.72. The van der Waals surface area contributed by atoms with Gasteiger partial charge in [0, 0.05) is 44.9 Å². The van der Waals surface area contributed by atoms with Gasteiger partial charge in [0.15, 0.2) is 5.82 Å². The van der Waals surface area contributed by atoms with Crippen LogP contribution >= 0.6 is 34.8 Å². The summed E-state index contributed by atoms with van der Waals surface area (Å²) in [6.45, 7) is 0.813. The number of aromatic nitrogens is 2. The number of fused-ring (bicyclic) bond motifs is 2. The molecule has 1 aliphatic heterocycles. The van der Waals surface area contributed by atoms with Crippen molar-refractivity contribution in [3.05, 3.63) is 52.6 Å². The highest BCUT2D eigenvalue weighted by molar-refractivity contribution is 6.77. The number of hydrogen-bond donors (Lipinski definition) is 0. The number of nitrogens with zero attached hydrogens (tertiary/aromatic N) is 4. The molecular formula is C21H21Cl3F2N4O2. The van der Waals surface area contributed by atoms with Crippen LogP contribution in [0.1, 0.15) is 51.5 Å². The largest absolute Gasteiger partial charge is 0.345 e. The van der Waals surface area contributed by atoms with Gasteiger partial charge in [0.25, 0.3) is 9.70 Å². The molecule has 1 saturated carbocycles. The van der Waals surface area contributed by atoms with Crippen LogP contribution in [0, 0.1) is 11.6 Å². The van der Waals surface area contributed by atoms with Crippen LogP contribution in [-0.2, 0) is 18.6 Å². The van der Waals surface area contributed by atoms with Gasteiger partial charge in [-0.2, -0.15) is 0 Å². The van der Waals surface area contributed by atoms with Crippen molar-refractivity contribution in [1.29, 1.82) is 0 Å². The Kier molecular flexibility index (Phi) is 6.03. The Morgan fingerprint density at radius 2 is 1.78 bits per heavy atom. The standard InChI is InChI=1S/C21H21Cl3F2N4O2/c1-28(2)19(32)12-8-14(25)13(15(26)9-12)11-29-6-7-30-16(20(29)4-3-5-20)10-27-18(30)17(31)21(22,23)24/h8-10H,3-7,11H2,1-2H3. The Hall–Kier alpha value is -1.74. The lowest BCUT2D eigenvalue weighted by Crippen LogP contribution is -2.56. The summed E-state index contributed by atoms with van der Waals surface area (Å²) in [5, 5.41) is 0. The summed E-state index contributed by atoms with van der Waals surface area (Å²) in [6, 6.07) is 2.14. The van der Waals surface area contributed by atoms with E-state index in [1.807, 2.05) is 4.90 Å². The van der Waals surface area contributed by atoms with Gasteiger partial charge in [-0.05, 0) is 31.4 Å². The predicted molar refractivity (Wildman–Crippen MR) is 117 cm³/mol. The summed E-state index contributed by atoms with van der Waals surface area (Å²) in [7, 11) is 3.04. The zero-order chi connectivity index (χ0) is 23.4. The fraction of sp³-hybridized carbons (Fsp3) is 0.476. The van der Waals surface area contributed by atoms with E-state index in [4.69, 9.17) is 34.8 Å². The van der Waals surface area contributed by atoms with Crippen LogP contribution in [-0.4, -0.2) is 55.5 Å². The Morgan fingerprint density at radius 1 is 1.16 bits per heavy atom. The Morgan fingerprint density at radius 3 is 2.28 bits per heavy atom. The molecule has 0 bridgehead atoms. The predicted octanol–water partition coefficient (Wildman–Crippen LogP) is 4.31. The summed E-state index contributed by atoms with van der Waals surface area (Å²) in [5.74, 6) is -2.66. The normalized spacial score (nSPS) is 17.7. The van der Waals surface area contributed by atoms with Crippen molar-refractivity contribution in [3.8, 4) is 0 Å². The van der Waals surface area contributed by atoms with Gasteiger partial charge in [0.1, 0.15) is 11.6 Å². The van der Waals surface area contributed by atoms with E-state index >= 15 is 0 Å². The minimum absolute atomic E-state index is 0.0209. The van der Waals surface area contributed by atoms with Gasteiger partial charge >= 0.3 is 0 Å². The maximum atomic E-state index is 14.9. The van der Waals surface area contributed by atoms with Gasteiger partial charge in [-0.3, -0.25) is 14.5 Å². The molecule has 0 saturated heterocycles. The van der Waals surface area contributed by atoms with Crippen molar-refractivity contribution in [2.24, 2.45) is 0 Å². The number of imidazole rings is 1. The van der Waals surface area contributed by atoms with Gasteiger partial charge in [-0.1, -0.05) is 34.8 Å². The minimum atomic E-state index is -2.12. The van der Waals surface area contributed by atoms with E-state index in [9.17, 15) is 18.4 Å². The van der Waals surface area contributed by atoms with E-state index in [1.165, 1.54) is 19.0 Å². The zero-order valence-corrected chi connectivity index (χ0v) is 19.7. The highest BCUT2D eigenvalue weighted by Gasteiger charge is 2.50. The fourth-order valence-corrected chi connectivity index (χ4v) is 4.77. The second-order valence-electron chi connectivity index (χ2n) is 8.37. The Bertz CT molecular complexity index is 1070. The molecule has 1 spiro atoms. The number of alkyl halides is 3. The monoisotopic (exact) mass is 504 g/mol. The van der Waals surface area contributed by atoms with Crippen LogP contribution < -0.4 is 0 Å². The number of benzene rings is 1. The molecule has 2 heterocycles. The van der Waals surface area contributed by atoms with E-state index < -0.39 is 32.7 Å². The first kappa shape index (κ1) is 23.4. The van der Waals surface area contributed by atoms with Crippen LogP contribution in [0.5, 0.6) is 0 Å². The maximum absolute atomic E-state index is 14.9. The van der Waals surface area contributed by atoms with E-state index in [0.717, 1.165) is 37.1 Å². The average Bonchev–Trinajstić information content (AvgIpc) is 3.10. The second kappa shape index (κ2) is 8.24. The quantitative estimate of drug-likeness (QED) is 0.459. The molecule has 172 valence electrons. The van der Waals surface area contributed by atoms with Gasteiger partial charge < -0.3 is 9.47 Å². The molecule has 32 heavy (non-hydrogen) atoms. The SMILES string of the molecule is CN(C)C(=O)c1cc(F)c(CN2CCn3c(cnc3C(=O)C(Cl)(Cl)Cl)C23CCC3)c(F)c1. The highest BCUT2D eigenvalue weighted by atomic mass is 35.6. The average molecular weight is 506 g/mol. The van der Waals surface area contributed by atoms with E-state index in [1.54, 1.807) is 10.8 Å². The Balaban J connectivity index is 1.66. The van der Waals surface area contributed by atoms with Crippen molar-refractivity contribution < 1.29 is 18.4 Å². The molecule has 0 atom stereocenters. The summed E-state index contributed by atoms with van der Waals surface area (Å²) in [5.41, 5.74) is 0.123. The number of hydrogen-bond acceptors (Lipinski definition) is 4. The first-order chi connectivity index (χ1) is 15.0. The van der Waals surface area contributed by atoms with Gasteiger partial charge in [-0.15, -0.1) is 0 Å². The van der Waals surface area contributed by atoms with Gasteiger partial charge in [-0.25, -0.2) is 13.8 Å². The number of amides is 1. The van der Waals surface area contributed by atoms with E-state index in [0.29, 0.717) is 13.1 Å². The highest BCUT2D eigenvalue weighted by Crippen LogP contribution is 2.49. The lowest BCUT2D eigenvalue weighted by molar-refractivity contribution is -0.0229. The Labute approximate surface area is 199 Å². The van der Waals surface area contributed by atoms with Crippen LogP contribution in [0.3, 0.4) is 0 Å². The molecule has 1 aromatic heterocycles. The van der Waals surface area contributed by atoms with Crippen molar-refractivity contribution in [3.63, 3.8) is 0 Å². The molecule has 2 aromatic rings. The summed E-state index contributed by atoms with van der Waals surface area (Å²) < 4.78 is 29.3. The number of ketones is 1. The van der Waals surface area contributed by atoms with Crippen molar-refractivity contribution in [2.45, 2.75) is 41.7 Å². The molecule has 6 nitrogen and oxygen atoms in total. The number of carbonyl (C=O) groups is 2. The molecule has 1 aliphatic carbocycles. The third-order valence-electron chi connectivity index (χ3n) is 6.32. The number of carbonyl (C=O) groups excluding carboxylic acids is 2. The molecule has 0 N–H and O–H groups in total. The number of halogens is 5. The number of Topliss-reactive ketones (excluding diaryl/α,β-unsaturated/α-hetero) is 1. The maximum Gasteiger partial charge on any atom is 0.256 e. The van der Waals surface area contributed by atoms with Crippen LogP contribution in [0.2, 0.25) is 0 Å². The van der Waals surface area contributed by atoms with Crippen LogP contribution in [0.4, 0.5) is 8.78 Å². The smallest absolute Gasteiger partial charge is 0.256 e. The van der Waals surface area contributed by atoms with E-state index in [-0.39, 0.29) is 23.5 Å². The fourth-order valence-electron chi connectivity index (χ4n) is 4.52. The molecule has 4 rings (SSSR count). The summed E-state index contributed by atoms with van der Waals surface area (Å²) >= 11 is 17.3. The zero-order valence-electron chi connectivity index (χ0n) is 17.5. The third-order valence-corrected chi connectivity index (χ3v) is 6.83. The lowest BCUT2D eigenvalue weighted by Gasteiger charge is -2.53. The minimum Gasteiger partial charge on any atom is -0.345 e. The molecule has 0 unspecified atom stereocenters. The van der Waals surface area contributed by atoms with Crippen molar-refractivity contribution >= 4 is 46.5 Å². The van der Waals surface area contributed by atoms with Crippen LogP contribution in [0.25, 0.3) is 0 Å². The van der Waals surface area contributed by atoms with E-state index in [2.05, 4.69) is 4.98 Å². The van der Waals surface area contributed by atoms with Crippen LogP contribution in [0.15, 0.2) is 18.3 Å². The first-order valence-corrected chi connectivity index (χ1v) is 11.2. The van der Waals surface area contributed by atoms with Crippen molar-refractivity contribution in [2.75, 3.05) is 20.6 Å². The first-order valence-electron chi connectivity index (χ1n) is 10.1. The molecule has 2 aliphatic rings. The summed E-state index contributed by atoms with van der Waals surface area (Å²) in [6.07, 6.45) is 4.01. The number of rotatable bonds is 4. The molecule has 1 amide bonds. The molecule has 11 heteroatoms. The molecular weight excluding hydrogens is 485 g/mol. The second-order valence-corrected chi connectivity index (χ2v) is 10.7. The van der Waals surface area contributed by atoms with Gasteiger partial charge in [0.05, 0.1) is 17.4 Å². The van der Waals surface area contributed by atoms with Gasteiger partial charge in [0.2, 0.25) is 5.78 Å².